The number of aromatic nitrogens is 1. The van der Waals surface area contributed by atoms with Crippen molar-refractivity contribution in [2.75, 3.05) is 0 Å². The molecule has 0 aliphatic carbocycles. The van der Waals surface area contributed by atoms with Crippen LogP contribution >= 0.6 is 0 Å². The van der Waals surface area contributed by atoms with Crippen LogP contribution in [0.25, 0.3) is 21.9 Å². The van der Waals surface area contributed by atoms with Crippen LogP contribution in [-0.4, -0.2) is 10.9 Å². The highest BCUT2D eigenvalue weighted by atomic mass is 16.5. The van der Waals surface area contributed by atoms with Gasteiger partial charge in [0.15, 0.2) is 5.58 Å². The Hall–Kier alpha value is -2.10. The third-order valence-electron chi connectivity index (χ3n) is 2.73. The summed E-state index contributed by atoms with van der Waals surface area (Å²) in [6, 6.07) is 5.74. The summed E-state index contributed by atoms with van der Waals surface area (Å²) in [5.74, 6) is 0.892. The molecule has 3 rings (SSSR count). The van der Waals surface area contributed by atoms with Crippen molar-refractivity contribution in [1.29, 1.82) is 0 Å². The summed E-state index contributed by atoms with van der Waals surface area (Å²) in [5, 5.41) is 5.75. The van der Waals surface area contributed by atoms with Gasteiger partial charge in [-0.05, 0) is 32.0 Å². The van der Waals surface area contributed by atoms with Crippen molar-refractivity contribution < 1.29 is 13.7 Å². The Bertz CT molecular complexity index is 721. The molecule has 0 unspecified atom stereocenters. The second-order valence-electron chi connectivity index (χ2n) is 4.22. The molecule has 0 amide bonds. The Kier molecular flexibility index (Phi) is 2.04. The van der Waals surface area contributed by atoms with Gasteiger partial charge >= 0.3 is 0 Å². The lowest BCUT2D eigenvalue weighted by Gasteiger charge is -1.93. The first-order valence-electron chi connectivity index (χ1n) is 5.42. The highest BCUT2D eigenvalue weighted by Gasteiger charge is 2.15. The van der Waals surface area contributed by atoms with Gasteiger partial charge < -0.3 is 8.94 Å². The maximum atomic E-state index is 11.2. The van der Waals surface area contributed by atoms with E-state index in [-0.39, 0.29) is 12.2 Å². The highest BCUT2D eigenvalue weighted by Crippen LogP contribution is 2.30. The molecule has 0 atom stereocenters. The van der Waals surface area contributed by atoms with Crippen molar-refractivity contribution in [2.24, 2.45) is 0 Å². The van der Waals surface area contributed by atoms with Crippen LogP contribution in [0.5, 0.6) is 0 Å². The predicted molar refractivity (Wildman–Crippen MR) is 62.9 cm³/mol. The molecule has 4 heteroatoms. The molecule has 1 aromatic carbocycles. The van der Waals surface area contributed by atoms with E-state index in [0.717, 1.165) is 22.1 Å². The number of furan rings is 1. The minimum atomic E-state index is 0.0560. The molecule has 0 saturated carbocycles. The summed E-state index contributed by atoms with van der Waals surface area (Å²) in [6.45, 7) is 3.43. The van der Waals surface area contributed by atoms with E-state index in [1.165, 1.54) is 6.92 Å². The van der Waals surface area contributed by atoms with Crippen LogP contribution in [-0.2, 0) is 11.2 Å². The van der Waals surface area contributed by atoms with Gasteiger partial charge in [-0.15, -0.1) is 0 Å². The van der Waals surface area contributed by atoms with Crippen LogP contribution in [0.1, 0.15) is 18.4 Å². The summed E-state index contributed by atoms with van der Waals surface area (Å²) in [7, 11) is 0. The van der Waals surface area contributed by atoms with Crippen molar-refractivity contribution in [3.8, 4) is 0 Å². The molecule has 0 aliphatic rings. The van der Waals surface area contributed by atoms with E-state index in [4.69, 9.17) is 8.94 Å². The van der Waals surface area contributed by atoms with Gasteiger partial charge in [0.05, 0.1) is 11.8 Å². The Balaban J connectivity index is 2.37. The van der Waals surface area contributed by atoms with Gasteiger partial charge in [0.1, 0.15) is 22.8 Å². The van der Waals surface area contributed by atoms with Gasteiger partial charge in [0.25, 0.3) is 0 Å². The standard InChI is InChI=1S/C13H11NO3/c1-7(15)5-10-12-11(17-14-10)4-3-9-6-8(2)16-13(9)12/h3-4,6H,5H2,1-2H3. The van der Waals surface area contributed by atoms with Gasteiger partial charge in [-0.2, -0.15) is 0 Å². The van der Waals surface area contributed by atoms with Crippen molar-refractivity contribution in [2.45, 2.75) is 20.3 Å². The van der Waals surface area contributed by atoms with Crippen molar-refractivity contribution in [3.05, 3.63) is 29.7 Å². The minimum Gasteiger partial charge on any atom is -0.461 e. The topological polar surface area (TPSA) is 56.2 Å². The van der Waals surface area contributed by atoms with Gasteiger partial charge in [-0.25, -0.2) is 0 Å². The van der Waals surface area contributed by atoms with Crippen molar-refractivity contribution >= 4 is 27.7 Å². The van der Waals surface area contributed by atoms with Gasteiger partial charge in [-0.1, -0.05) is 5.16 Å². The number of benzene rings is 1. The second-order valence-corrected chi connectivity index (χ2v) is 4.22. The zero-order chi connectivity index (χ0) is 12.0. The molecule has 0 spiro atoms. The van der Waals surface area contributed by atoms with Crippen LogP contribution in [0.2, 0.25) is 0 Å². The maximum Gasteiger partial charge on any atom is 0.170 e. The number of hydrogen-bond donors (Lipinski definition) is 0. The molecule has 0 radical (unpaired) electrons. The second kappa shape index (κ2) is 3.45. The minimum absolute atomic E-state index is 0.0560. The molecule has 3 aromatic rings. The first-order valence-corrected chi connectivity index (χ1v) is 5.42. The van der Waals surface area contributed by atoms with E-state index in [0.29, 0.717) is 11.3 Å². The lowest BCUT2D eigenvalue weighted by atomic mass is 10.1. The molecule has 17 heavy (non-hydrogen) atoms. The predicted octanol–water partition coefficient (Wildman–Crippen LogP) is 3.01. The molecule has 2 heterocycles. The van der Waals surface area contributed by atoms with E-state index in [2.05, 4.69) is 5.16 Å². The van der Waals surface area contributed by atoms with E-state index in [1.54, 1.807) is 0 Å². The monoisotopic (exact) mass is 229 g/mol. The van der Waals surface area contributed by atoms with Crippen LogP contribution < -0.4 is 0 Å². The smallest absolute Gasteiger partial charge is 0.170 e. The number of hydrogen-bond acceptors (Lipinski definition) is 4. The lowest BCUT2D eigenvalue weighted by Crippen LogP contribution is -1.96. The van der Waals surface area contributed by atoms with Crippen LogP contribution in [0.15, 0.2) is 27.1 Å². The average molecular weight is 229 g/mol. The average Bonchev–Trinajstić information content (AvgIpc) is 2.79. The third-order valence-corrected chi connectivity index (χ3v) is 2.73. The fraction of sp³-hybridized carbons (Fsp3) is 0.231. The molecular weight excluding hydrogens is 218 g/mol. The Morgan fingerprint density at radius 2 is 2.24 bits per heavy atom. The van der Waals surface area contributed by atoms with Crippen molar-refractivity contribution in [3.63, 3.8) is 0 Å². The molecular formula is C13H11NO3. The Labute approximate surface area is 97.2 Å². The first kappa shape index (κ1) is 10.1. The van der Waals surface area contributed by atoms with Gasteiger partial charge in [0, 0.05) is 5.39 Å². The number of rotatable bonds is 2. The van der Waals surface area contributed by atoms with E-state index >= 15 is 0 Å². The molecule has 86 valence electrons. The fourth-order valence-corrected chi connectivity index (χ4v) is 2.07. The number of aryl methyl sites for hydroxylation is 1. The van der Waals surface area contributed by atoms with E-state index in [9.17, 15) is 4.79 Å². The van der Waals surface area contributed by atoms with Crippen molar-refractivity contribution in [1.82, 2.24) is 5.16 Å². The summed E-state index contributed by atoms with van der Waals surface area (Å²) < 4.78 is 10.9. The normalized spacial score (nSPS) is 11.4. The summed E-state index contributed by atoms with van der Waals surface area (Å²) in [6.07, 6.45) is 0.270. The number of carbonyl (C=O) groups excluding carboxylic acids is 1. The lowest BCUT2D eigenvalue weighted by molar-refractivity contribution is -0.116. The van der Waals surface area contributed by atoms with E-state index in [1.807, 2.05) is 25.1 Å². The van der Waals surface area contributed by atoms with Crippen LogP contribution in [0.3, 0.4) is 0 Å². The fourth-order valence-electron chi connectivity index (χ4n) is 2.07. The highest BCUT2D eigenvalue weighted by molar-refractivity contribution is 6.04. The number of nitrogens with zero attached hydrogens (tertiary/aromatic N) is 1. The number of ketones is 1. The van der Waals surface area contributed by atoms with Crippen LogP contribution in [0, 0.1) is 6.92 Å². The molecule has 0 aliphatic heterocycles. The Morgan fingerprint density at radius 3 is 3.00 bits per heavy atom. The molecule has 0 bridgehead atoms. The summed E-state index contributed by atoms with van der Waals surface area (Å²) in [4.78, 5) is 11.2. The zero-order valence-electron chi connectivity index (χ0n) is 9.61. The van der Waals surface area contributed by atoms with E-state index < -0.39 is 0 Å². The molecule has 0 N–H and O–H groups in total. The SMILES string of the molecule is CC(=O)Cc1noc2ccc3cc(C)oc3c12. The molecule has 0 fully saturated rings. The quantitative estimate of drug-likeness (QED) is 0.677. The largest absolute Gasteiger partial charge is 0.461 e. The molecule has 4 nitrogen and oxygen atoms in total. The number of carbonyl (C=O) groups is 1. The summed E-state index contributed by atoms with van der Waals surface area (Å²) in [5.41, 5.74) is 2.05. The number of fused-ring (bicyclic) bond motifs is 3. The molecule has 0 saturated heterocycles. The molecule has 2 aromatic heterocycles. The van der Waals surface area contributed by atoms with Gasteiger partial charge in [0.2, 0.25) is 0 Å². The van der Waals surface area contributed by atoms with Crippen LogP contribution in [0.4, 0.5) is 0 Å². The Morgan fingerprint density at radius 1 is 1.41 bits per heavy atom. The summed E-state index contributed by atoms with van der Waals surface area (Å²) >= 11 is 0. The van der Waals surface area contributed by atoms with Gasteiger partial charge in [-0.3, -0.25) is 4.79 Å². The first-order chi connectivity index (χ1) is 8.15. The maximum absolute atomic E-state index is 11.2. The number of Topliss-reactive ketones (excluding diaryl/α,β-unsaturated/α-hetero) is 1. The zero-order valence-corrected chi connectivity index (χ0v) is 9.61. The third kappa shape index (κ3) is 1.53.